The Labute approximate surface area is 195 Å². The molecule has 10 nitrogen and oxygen atoms in total. The van der Waals surface area contributed by atoms with Crippen LogP contribution in [0.25, 0.3) is 0 Å². The summed E-state index contributed by atoms with van der Waals surface area (Å²) in [4.78, 5) is 30.4. The number of nitrogens with zero attached hydrogens (tertiary/aromatic N) is 4. The predicted octanol–water partition coefficient (Wildman–Crippen LogP) is 2.00. The van der Waals surface area contributed by atoms with Gasteiger partial charge in [-0.05, 0) is 49.2 Å². The Hall–Kier alpha value is -3.99. The van der Waals surface area contributed by atoms with Crippen LogP contribution in [0, 0.1) is 5.82 Å². The van der Waals surface area contributed by atoms with Crippen molar-refractivity contribution in [1.82, 2.24) is 14.8 Å². The summed E-state index contributed by atoms with van der Waals surface area (Å²) in [5.41, 5.74) is 12.3. The van der Waals surface area contributed by atoms with Crippen molar-refractivity contribution in [2.45, 2.75) is 18.4 Å². The van der Waals surface area contributed by atoms with Gasteiger partial charge in [-0.25, -0.2) is 14.2 Å². The minimum absolute atomic E-state index is 0.215. The number of anilines is 3. The Morgan fingerprint density at radius 2 is 1.88 bits per heavy atom. The molecule has 1 aliphatic heterocycles. The Balaban J connectivity index is 1.56. The maximum Gasteiger partial charge on any atom is 0.356 e. The van der Waals surface area contributed by atoms with Crippen LogP contribution in [0.4, 0.5) is 21.7 Å². The van der Waals surface area contributed by atoms with Gasteiger partial charge in [0, 0.05) is 31.5 Å². The van der Waals surface area contributed by atoms with E-state index in [-0.39, 0.29) is 22.9 Å². The van der Waals surface area contributed by atoms with E-state index < -0.39 is 17.4 Å². The molecule has 1 aromatic carbocycles. The molecule has 3 aromatic rings. The number of primary amides is 1. The summed E-state index contributed by atoms with van der Waals surface area (Å²) in [5, 5.41) is 7.63. The van der Waals surface area contributed by atoms with Crippen LogP contribution in [0.15, 0.2) is 48.7 Å². The highest BCUT2D eigenvalue weighted by Crippen LogP contribution is 2.33. The lowest BCUT2D eigenvalue weighted by Gasteiger charge is -2.41. The van der Waals surface area contributed by atoms with Crippen LogP contribution in [0.2, 0.25) is 0 Å². The molecule has 11 heteroatoms. The first-order chi connectivity index (χ1) is 16.3. The monoisotopic (exact) mass is 467 g/mol. The van der Waals surface area contributed by atoms with Gasteiger partial charge >= 0.3 is 5.97 Å². The Kier molecular flexibility index (Phi) is 6.46. The molecule has 4 rings (SSSR count). The van der Waals surface area contributed by atoms with Gasteiger partial charge in [-0.3, -0.25) is 9.48 Å². The van der Waals surface area contributed by atoms with Gasteiger partial charge in [0.15, 0.2) is 11.5 Å². The molecule has 0 bridgehead atoms. The third kappa shape index (κ3) is 4.55. The second kappa shape index (κ2) is 9.48. The predicted molar refractivity (Wildman–Crippen MR) is 124 cm³/mol. The summed E-state index contributed by atoms with van der Waals surface area (Å²) in [6.45, 7) is 1.52. The summed E-state index contributed by atoms with van der Waals surface area (Å²) >= 11 is 0. The van der Waals surface area contributed by atoms with Crippen LogP contribution < -0.4 is 21.7 Å². The molecule has 2 aromatic heterocycles. The average Bonchev–Trinajstić information content (AvgIpc) is 3.30. The first kappa shape index (κ1) is 23.2. The van der Waals surface area contributed by atoms with Gasteiger partial charge in [0.2, 0.25) is 0 Å². The topological polar surface area (TPSA) is 141 Å². The molecule has 1 amide bonds. The minimum atomic E-state index is -0.635. The highest BCUT2D eigenvalue weighted by atomic mass is 19.1. The van der Waals surface area contributed by atoms with Crippen LogP contribution in [0.1, 0.15) is 33.7 Å². The van der Waals surface area contributed by atoms with E-state index in [4.69, 9.17) is 16.2 Å². The number of benzene rings is 1. The molecule has 1 fully saturated rings. The summed E-state index contributed by atoms with van der Waals surface area (Å²) < 4.78 is 19.7. The molecular weight excluding hydrogens is 441 g/mol. The molecule has 0 saturated carbocycles. The number of halogens is 1. The standard InChI is InChI=1S/C23H26FN7O3/c1-34-22(33)18-3-2-4-19(28-18)30-11-9-23(14-25,10-12-30)31-13-17(20(26)32)21(29-31)27-16-7-5-15(24)6-8-16/h2-8,13H,9-12,14,25H2,1H3,(H2,26,32)(H,27,29). The summed E-state index contributed by atoms with van der Waals surface area (Å²) in [6, 6.07) is 10.9. The number of carbonyl (C=O) groups excluding carboxylic acids is 2. The second-order valence-corrected chi connectivity index (χ2v) is 8.12. The number of amides is 1. The van der Waals surface area contributed by atoms with E-state index in [2.05, 4.69) is 20.3 Å². The fourth-order valence-electron chi connectivity index (χ4n) is 4.06. The van der Waals surface area contributed by atoms with E-state index in [0.717, 1.165) is 0 Å². The van der Waals surface area contributed by atoms with Crippen molar-refractivity contribution in [3.05, 3.63) is 65.7 Å². The Morgan fingerprint density at radius 3 is 2.50 bits per heavy atom. The lowest BCUT2D eigenvalue weighted by atomic mass is 9.87. The summed E-state index contributed by atoms with van der Waals surface area (Å²) in [6.07, 6.45) is 2.86. The fraction of sp³-hybridized carbons (Fsp3) is 0.304. The maximum atomic E-state index is 13.2. The highest BCUT2D eigenvalue weighted by Gasteiger charge is 2.37. The molecular formula is C23H26FN7O3. The minimum Gasteiger partial charge on any atom is -0.464 e. The molecule has 5 N–H and O–H groups in total. The van der Waals surface area contributed by atoms with Crippen molar-refractivity contribution in [3.8, 4) is 0 Å². The van der Waals surface area contributed by atoms with Crippen LogP contribution in [0.5, 0.6) is 0 Å². The molecule has 0 radical (unpaired) electrons. The van der Waals surface area contributed by atoms with Gasteiger partial charge in [0.1, 0.15) is 17.2 Å². The van der Waals surface area contributed by atoms with E-state index in [9.17, 15) is 14.0 Å². The van der Waals surface area contributed by atoms with Crippen molar-refractivity contribution in [3.63, 3.8) is 0 Å². The molecule has 0 atom stereocenters. The number of hydrogen-bond donors (Lipinski definition) is 3. The van der Waals surface area contributed by atoms with E-state index >= 15 is 0 Å². The van der Waals surface area contributed by atoms with Crippen molar-refractivity contribution in [2.24, 2.45) is 11.5 Å². The third-order valence-corrected chi connectivity index (χ3v) is 6.10. The molecule has 1 saturated heterocycles. The SMILES string of the molecule is COC(=O)c1cccc(N2CCC(CN)(n3cc(C(N)=O)c(Nc4ccc(F)cc4)n3)CC2)n1. The van der Waals surface area contributed by atoms with Gasteiger partial charge in [-0.15, -0.1) is 0 Å². The first-order valence-corrected chi connectivity index (χ1v) is 10.8. The lowest BCUT2D eigenvalue weighted by molar-refractivity contribution is 0.0594. The number of carbonyl (C=O) groups is 2. The zero-order chi connectivity index (χ0) is 24.3. The number of rotatable bonds is 7. The largest absolute Gasteiger partial charge is 0.464 e. The number of piperidine rings is 1. The molecule has 0 spiro atoms. The van der Waals surface area contributed by atoms with E-state index in [1.807, 2.05) is 6.07 Å². The Bertz CT molecular complexity index is 1190. The van der Waals surface area contributed by atoms with Crippen LogP contribution in [-0.2, 0) is 10.3 Å². The zero-order valence-electron chi connectivity index (χ0n) is 18.7. The number of ether oxygens (including phenoxy) is 1. The van der Waals surface area contributed by atoms with Gasteiger partial charge in [0.25, 0.3) is 5.91 Å². The lowest BCUT2D eigenvalue weighted by Crippen LogP contribution is -2.51. The average molecular weight is 468 g/mol. The van der Waals surface area contributed by atoms with Crippen LogP contribution >= 0.6 is 0 Å². The van der Waals surface area contributed by atoms with Crippen LogP contribution in [0.3, 0.4) is 0 Å². The van der Waals surface area contributed by atoms with Crippen LogP contribution in [-0.4, -0.2) is 53.4 Å². The number of hydrogen-bond acceptors (Lipinski definition) is 8. The number of esters is 1. The van der Waals surface area contributed by atoms with E-state index in [0.29, 0.717) is 44.0 Å². The second-order valence-electron chi connectivity index (χ2n) is 8.12. The fourth-order valence-corrected chi connectivity index (χ4v) is 4.06. The van der Waals surface area contributed by atoms with Crippen molar-refractivity contribution < 1.29 is 18.7 Å². The quantitative estimate of drug-likeness (QED) is 0.448. The molecule has 3 heterocycles. The molecule has 178 valence electrons. The maximum absolute atomic E-state index is 13.2. The Morgan fingerprint density at radius 1 is 1.18 bits per heavy atom. The number of nitrogens with one attached hydrogen (secondary N) is 1. The third-order valence-electron chi connectivity index (χ3n) is 6.10. The van der Waals surface area contributed by atoms with E-state index in [1.54, 1.807) is 35.1 Å². The van der Waals surface area contributed by atoms with E-state index in [1.165, 1.54) is 19.2 Å². The summed E-state index contributed by atoms with van der Waals surface area (Å²) in [5.74, 6) is -0.546. The summed E-state index contributed by atoms with van der Waals surface area (Å²) in [7, 11) is 1.32. The number of methoxy groups -OCH3 is 1. The molecule has 1 aliphatic rings. The zero-order valence-corrected chi connectivity index (χ0v) is 18.7. The normalized spacial score (nSPS) is 15.1. The molecule has 0 aliphatic carbocycles. The van der Waals surface area contributed by atoms with Gasteiger partial charge in [0.05, 0.1) is 12.6 Å². The van der Waals surface area contributed by atoms with Crippen molar-refractivity contribution in [2.75, 3.05) is 37.0 Å². The number of aromatic nitrogens is 3. The molecule has 34 heavy (non-hydrogen) atoms. The number of pyridine rings is 1. The van der Waals surface area contributed by atoms with Crippen molar-refractivity contribution in [1.29, 1.82) is 0 Å². The first-order valence-electron chi connectivity index (χ1n) is 10.8. The number of nitrogens with two attached hydrogens (primary N) is 2. The van der Waals surface area contributed by atoms with Crippen molar-refractivity contribution >= 4 is 29.2 Å². The van der Waals surface area contributed by atoms with Gasteiger partial charge in [-0.2, -0.15) is 5.10 Å². The molecule has 0 unspecified atom stereocenters. The van der Waals surface area contributed by atoms with Gasteiger partial charge in [-0.1, -0.05) is 6.07 Å². The highest BCUT2D eigenvalue weighted by molar-refractivity contribution is 5.98. The van der Waals surface area contributed by atoms with Gasteiger partial charge < -0.3 is 26.4 Å². The smallest absolute Gasteiger partial charge is 0.356 e.